The van der Waals surface area contributed by atoms with Gasteiger partial charge >= 0.3 is 0 Å². The van der Waals surface area contributed by atoms with Gasteiger partial charge in [-0.05, 0) is 30.5 Å². The molecule has 2 aromatic carbocycles. The quantitative estimate of drug-likeness (QED) is 0.888. The topological polar surface area (TPSA) is 29.1 Å². The molecule has 0 spiro atoms. The van der Waals surface area contributed by atoms with Crippen LogP contribution < -0.4 is 5.32 Å². The van der Waals surface area contributed by atoms with Gasteiger partial charge in [0.1, 0.15) is 0 Å². The summed E-state index contributed by atoms with van der Waals surface area (Å²) in [6, 6.07) is 18.0. The van der Waals surface area contributed by atoms with Crippen LogP contribution in [0.15, 0.2) is 54.6 Å². The fraction of sp³-hybridized carbons (Fsp3) is 0.235. The molecule has 0 aromatic heterocycles. The van der Waals surface area contributed by atoms with Crippen molar-refractivity contribution in [2.24, 2.45) is 0 Å². The van der Waals surface area contributed by atoms with Gasteiger partial charge in [-0.25, -0.2) is 0 Å². The number of hydrogen-bond donors (Lipinski definition) is 1. The second-order valence-corrected chi connectivity index (χ2v) is 4.81. The molecular weight excluding hydrogens is 234 g/mol. The summed E-state index contributed by atoms with van der Waals surface area (Å²) in [7, 11) is 0. The summed E-state index contributed by atoms with van der Waals surface area (Å²) < 4.78 is 0. The lowest BCUT2D eigenvalue weighted by Gasteiger charge is -2.16. The number of carbonyl (C=O) groups excluding carboxylic acids is 1. The van der Waals surface area contributed by atoms with Crippen molar-refractivity contribution in [3.05, 3.63) is 71.3 Å². The lowest BCUT2D eigenvalue weighted by Crippen LogP contribution is -2.28. The molecule has 0 aliphatic carbocycles. The number of rotatable bonds is 4. The van der Waals surface area contributed by atoms with Crippen LogP contribution in [0.1, 0.15) is 29.7 Å². The number of nitrogens with one attached hydrogen (secondary N) is 1. The molecule has 0 heterocycles. The molecular formula is C17H19NO. The van der Waals surface area contributed by atoms with Gasteiger partial charge in [0.2, 0.25) is 5.91 Å². The Morgan fingerprint density at radius 2 is 1.68 bits per heavy atom. The molecule has 98 valence electrons. The third-order valence-corrected chi connectivity index (χ3v) is 3.24. The van der Waals surface area contributed by atoms with Crippen molar-refractivity contribution in [2.45, 2.75) is 26.3 Å². The Morgan fingerprint density at radius 3 is 2.37 bits per heavy atom. The number of hydrogen-bond acceptors (Lipinski definition) is 1. The summed E-state index contributed by atoms with van der Waals surface area (Å²) in [4.78, 5) is 12.0. The van der Waals surface area contributed by atoms with Crippen LogP contribution in [0, 0.1) is 6.92 Å². The molecule has 0 saturated heterocycles. The van der Waals surface area contributed by atoms with Crippen LogP contribution >= 0.6 is 0 Å². The highest BCUT2D eigenvalue weighted by Crippen LogP contribution is 2.16. The Hall–Kier alpha value is -2.09. The Morgan fingerprint density at radius 1 is 1.05 bits per heavy atom. The van der Waals surface area contributed by atoms with E-state index in [0.717, 1.165) is 5.56 Å². The van der Waals surface area contributed by atoms with Gasteiger partial charge in [-0.15, -0.1) is 0 Å². The molecule has 0 bridgehead atoms. The van der Waals surface area contributed by atoms with Crippen molar-refractivity contribution in [1.82, 2.24) is 5.32 Å². The van der Waals surface area contributed by atoms with Crippen LogP contribution in [0.5, 0.6) is 0 Å². The summed E-state index contributed by atoms with van der Waals surface area (Å²) in [5, 5.41) is 3.05. The van der Waals surface area contributed by atoms with Gasteiger partial charge in [0.25, 0.3) is 0 Å². The average molecular weight is 253 g/mol. The first-order valence-corrected chi connectivity index (χ1v) is 6.55. The van der Waals surface area contributed by atoms with Crippen molar-refractivity contribution >= 4 is 5.91 Å². The number of benzene rings is 2. The van der Waals surface area contributed by atoms with Crippen LogP contribution in [0.2, 0.25) is 0 Å². The summed E-state index contributed by atoms with van der Waals surface area (Å²) in [6.07, 6.45) is 0.428. The van der Waals surface area contributed by atoms with E-state index < -0.39 is 0 Å². The minimum absolute atomic E-state index is 0.0393. The van der Waals surface area contributed by atoms with Crippen molar-refractivity contribution in [3.63, 3.8) is 0 Å². The first-order chi connectivity index (χ1) is 9.16. The van der Waals surface area contributed by atoms with E-state index in [1.807, 2.05) is 49.4 Å². The van der Waals surface area contributed by atoms with E-state index in [4.69, 9.17) is 0 Å². The van der Waals surface area contributed by atoms with Gasteiger partial charge in [-0.1, -0.05) is 54.6 Å². The smallest absolute Gasteiger partial charge is 0.224 e. The summed E-state index contributed by atoms with van der Waals surface area (Å²) >= 11 is 0. The van der Waals surface area contributed by atoms with Crippen LogP contribution in [0.3, 0.4) is 0 Å². The molecule has 0 saturated carbocycles. The molecule has 2 heteroatoms. The summed E-state index contributed by atoms with van der Waals surface area (Å²) in [5.41, 5.74) is 3.41. The van der Waals surface area contributed by atoms with Gasteiger partial charge in [0, 0.05) is 0 Å². The van der Waals surface area contributed by atoms with Crippen LogP contribution in [0.25, 0.3) is 0 Å². The van der Waals surface area contributed by atoms with Crippen LogP contribution in [0.4, 0.5) is 0 Å². The molecule has 1 N–H and O–H groups in total. The molecule has 0 radical (unpaired) electrons. The molecule has 0 fully saturated rings. The minimum Gasteiger partial charge on any atom is -0.349 e. The Kier molecular flexibility index (Phi) is 4.35. The lowest BCUT2D eigenvalue weighted by atomic mass is 10.0. The largest absolute Gasteiger partial charge is 0.349 e. The average Bonchev–Trinajstić information content (AvgIpc) is 2.40. The fourth-order valence-corrected chi connectivity index (χ4v) is 2.22. The van der Waals surface area contributed by atoms with Crippen molar-refractivity contribution in [1.29, 1.82) is 0 Å². The third-order valence-electron chi connectivity index (χ3n) is 3.24. The van der Waals surface area contributed by atoms with E-state index in [2.05, 4.69) is 24.4 Å². The summed E-state index contributed by atoms with van der Waals surface area (Å²) in [6.45, 7) is 4.08. The van der Waals surface area contributed by atoms with Crippen LogP contribution in [-0.4, -0.2) is 5.91 Å². The van der Waals surface area contributed by atoms with E-state index >= 15 is 0 Å². The van der Waals surface area contributed by atoms with E-state index in [0.29, 0.717) is 6.42 Å². The molecule has 2 nitrogen and oxygen atoms in total. The molecule has 19 heavy (non-hydrogen) atoms. The van der Waals surface area contributed by atoms with Gasteiger partial charge in [0.05, 0.1) is 12.5 Å². The highest BCUT2D eigenvalue weighted by molar-refractivity contribution is 5.79. The van der Waals surface area contributed by atoms with Gasteiger partial charge in [0.15, 0.2) is 0 Å². The molecule has 1 unspecified atom stereocenters. The zero-order chi connectivity index (χ0) is 13.7. The normalized spacial score (nSPS) is 11.9. The first-order valence-electron chi connectivity index (χ1n) is 6.55. The van der Waals surface area contributed by atoms with E-state index in [-0.39, 0.29) is 11.9 Å². The predicted octanol–water partition coefficient (Wildman–Crippen LogP) is 3.41. The Labute approximate surface area is 114 Å². The van der Waals surface area contributed by atoms with Crippen molar-refractivity contribution < 1.29 is 4.79 Å². The third kappa shape index (κ3) is 3.68. The van der Waals surface area contributed by atoms with E-state index in [1.165, 1.54) is 11.1 Å². The second-order valence-electron chi connectivity index (χ2n) is 4.81. The minimum atomic E-state index is 0.0393. The molecule has 0 aliphatic rings. The van der Waals surface area contributed by atoms with Gasteiger partial charge in [-0.2, -0.15) is 0 Å². The van der Waals surface area contributed by atoms with E-state index in [1.54, 1.807) is 0 Å². The maximum absolute atomic E-state index is 12.0. The lowest BCUT2D eigenvalue weighted by molar-refractivity contribution is -0.121. The number of amides is 1. The second kappa shape index (κ2) is 6.19. The molecule has 1 atom stereocenters. The van der Waals surface area contributed by atoms with Gasteiger partial charge < -0.3 is 5.32 Å². The van der Waals surface area contributed by atoms with Gasteiger partial charge in [-0.3, -0.25) is 4.79 Å². The Bertz CT molecular complexity index is 548. The van der Waals surface area contributed by atoms with Crippen molar-refractivity contribution in [2.75, 3.05) is 0 Å². The Balaban J connectivity index is 1.98. The first kappa shape index (κ1) is 13.3. The number of carbonyl (C=O) groups is 1. The highest BCUT2D eigenvalue weighted by Gasteiger charge is 2.11. The highest BCUT2D eigenvalue weighted by atomic mass is 16.1. The van der Waals surface area contributed by atoms with Crippen LogP contribution in [-0.2, 0) is 11.2 Å². The maximum atomic E-state index is 12.0. The molecule has 2 aromatic rings. The zero-order valence-electron chi connectivity index (χ0n) is 11.4. The fourth-order valence-electron chi connectivity index (χ4n) is 2.22. The SMILES string of the molecule is Cc1ccccc1C(C)NC(=O)Cc1ccccc1. The monoisotopic (exact) mass is 253 g/mol. The maximum Gasteiger partial charge on any atom is 0.224 e. The molecule has 0 aliphatic heterocycles. The molecule has 2 rings (SSSR count). The molecule has 1 amide bonds. The number of aryl methyl sites for hydroxylation is 1. The standard InChI is InChI=1S/C17H19NO/c1-13-8-6-7-11-16(13)14(2)18-17(19)12-15-9-4-3-5-10-15/h3-11,14H,12H2,1-2H3,(H,18,19). The predicted molar refractivity (Wildman–Crippen MR) is 77.9 cm³/mol. The van der Waals surface area contributed by atoms with E-state index in [9.17, 15) is 4.79 Å². The van der Waals surface area contributed by atoms with Crippen molar-refractivity contribution in [3.8, 4) is 0 Å². The summed E-state index contributed by atoms with van der Waals surface area (Å²) in [5.74, 6) is 0.0574. The zero-order valence-corrected chi connectivity index (χ0v) is 11.4.